The molecule has 2 heteroatoms. The molecule has 0 atom stereocenters. The van der Waals surface area contributed by atoms with Crippen molar-refractivity contribution in [2.75, 3.05) is 0 Å². The first-order valence-electron chi connectivity index (χ1n) is 8.87. The van der Waals surface area contributed by atoms with Gasteiger partial charge in [-0.15, -0.1) is 0 Å². The lowest BCUT2D eigenvalue weighted by Gasteiger charge is -2.37. The number of pyridine rings is 1. The normalized spacial score (nSPS) is 33.8. The van der Waals surface area contributed by atoms with Gasteiger partial charge in [0.25, 0.3) is 0 Å². The molecule has 21 heavy (non-hydrogen) atoms. The van der Waals surface area contributed by atoms with Crippen molar-refractivity contribution in [3.63, 3.8) is 0 Å². The van der Waals surface area contributed by atoms with Gasteiger partial charge in [-0.05, 0) is 73.8 Å². The Kier molecular flexibility index (Phi) is 4.92. The van der Waals surface area contributed by atoms with Crippen molar-refractivity contribution in [2.24, 2.45) is 17.8 Å². The van der Waals surface area contributed by atoms with Crippen LogP contribution in [-0.4, -0.2) is 4.98 Å². The van der Waals surface area contributed by atoms with Crippen LogP contribution < -0.4 is 0 Å². The van der Waals surface area contributed by atoms with Gasteiger partial charge < -0.3 is 0 Å². The Bertz CT molecular complexity index is 425. The quantitative estimate of drug-likeness (QED) is 0.649. The molecule has 1 aromatic heterocycles. The van der Waals surface area contributed by atoms with Gasteiger partial charge in [-0.2, -0.15) is 4.39 Å². The minimum atomic E-state index is -0.361. The molecular formula is C19H28FN. The molecule has 0 saturated heterocycles. The largest absolute Gasteiger partial charge is 0.228 e. The Morgan fingerprint density at radius 2 is 1.57 bits per heavy atom. The fourth-order valence-corrected chi connectivity index (χ4v) is 4.62. The molecule has 2 saturated carbocycles. The summed E-state index contributed by atoms with van der Waals surface area (Å²) in [5.41, 5.74) is 1.24. The Labute approximate surface area is 128 Å². The zero-order valence-electron chi connectivity index (χ0n) is 13.2. The fourth-order valence-electron chi connectivity index (χ4n) is 4.62. The summed E-state index contributed by atoms with van der Waals surface area (Å²) in [6.45, 7) is 2.34. The number of halogens is 1. The predicted octanol–water partition coefficient (Wildman–Crippen LogP) is 5.71. The van der Waals surface area contributed by atoms with Gasteiger partial charge in [0.15, 0.2) is 0 Å². The van der Waals surface area contributed by atoms with Gasteiger partial charge in [-0.25, -0.2) is 4.98 Å². The highest BCUT2D eigenvalue weighted by Gasteiger charge is 2.30. The number of hydrogen-bond acceptors (Lipinski definition) is 1. The molecule has 2 fully saturated rings. The molecule has 0 spiro atoms. The van der Waals surface area contributed by atoms with Crippen molar-refractivity contribution in [1.82, 2.24) is 4.98 Å². The third-order valence-corrected chi connectivity index (χ3v) is 6.13. The monoisotopic (exact) mass is 289 g/mol. The Morgan fingerprint density at radius 1 is 0.952 bits per heavy atom. The summed E-state index contributed by atoms with van der Waals surface area (Å²) in [7, 11) is 0. The SMILES string of the molecule is CC[C@H]1CC[C@H]([C@H]2CC[C@H](c3ccc(F)nc3)CC2)CC1. The number of hydrogen-bond donors (Lipinski definition) is 0. The van der Waals surface area contributed by atoms with Crippen molar-refractivity contribution in [3.8, 4) is 0 Å². The average Bonchev–Trinajstić information content (AvgIpc) is 2.56. The van der Waals surface area contributed by atoms with Crippen molar-refractivity contribution in [1.29, 1.82) is 0 Å². The second-order valence-electron chi connectivity index (χ2n) is 7.22. The van der Waals surface area contributed by atoms with E-state index in [0.717, 1.165) is 17.8 Å². The van der Waals surface area contributed by atoms with E-state index in [1.165, 1.54) is 69.4 Å². The Morgan fingerprint density at radius 3 is 2.10 bits per heavy atom. The van der Waals surface area contributed by atoms with Gasteiger partial charge in [0.2, 0.25) is 5.95 Å². The molecule has 2 aliphatic rings. The minimum absolute atomic E-state index is 0.361. The zero-order chi connectivity index (χ0) is 14.7. The van der Waals surface area contributed by atoms with E-state index in [-0.39, 0.29) is 5.95 Å². The van der Waals surface area contributed by atoms with Crippen LogP contribution in [0.3, 0.4) is 0 Å². The number of rotatable bonds is 3. The number of aromatic nitrogens is 1. The van der Waals surface area contributed by atoms with E-state index in [9.17, 15) is 4.39 Å². The molecule has 0 unspecified atom stereocenters. The number of nitrogens with zero attached hydrogens (tertiary/aromatic N) is 1. The highest BCUT2D eigenvalue weighted by molar-refractivity contribution is 5.15. The van der Waals surface area contributed by atoms with Gasteiger partial charge in [-0.1, -0.05) is 32.3 Å². The third kappa shape index (κ3) is 3.64. The van der Waals surface area contributed by atoms with Gasteiger partial charge in [-0.3, -0.25) is 0 Å². The molecule has 1 heterocycles. The van der Waals surface area contributed by atoms with E-state index in [1.807, 2.05) is 6.07 Å². The second-order valence-corrected chi connectivity index (χ2v) is 7.22. The fraction of sp³-hybridized carbons (Fsp3) is 0.737. The topological polar surface area (TPSA) is 12.9 Å². The van der Waals surface area contributed by atoms with E-state index in [1.54, 1.807) is 6.20 Å². The summed E-state index contributed by atoms with van der Waals surface area (Å²) in [5, 5.41) is 0. The molecule has 2 aliphatic carbocycles. The summed E-state index contributed by atoms with van der Waals surface area (Å²) >= 11 is 0. The van der Waals surface area contributed by atoms with E-state index >= 15 is 0 Å². The van der Waals surface area contributed by atoms with Gasteiger partial charge in [0.05, 0.1) is 0 Å². The van der Waals surface area contributed by atoms with E-state index in [2.05, 4.69) is 11.9 Å². The summed E-state index contributed by atoms with van der Waals surface area (Å²) in [6.07, 6.45) is 14.2. The molecule has 1 nitrogen and oxygen atoms in total. The molecular weight excluding hydrogens is 261 g/mol. The van der Waals surface area contributed by atoms with Crippen molar-refractivity contribution < 1.29 is 4.39 Å². The summed E-state index contributed by atoms with van der Waals surface area (Å²) in [6, 6.07) is 3.44. The molecule has 0 amide bonds. The lowest BCUT2D eigenvalue weighted by molar-refractivity contribution is 0.158. The summed E-state index contributed by atoms with van der Waals surface area (Å²) in [4.78, 5) is 3.81. The first kappa shape index (κ1) is 15.0. The smallest absolute Gasteiger partial charge is 0.212 e. The van der Waals surface area contributed by atoms with E-state index < -0.39 is 0 Å². The van der Waals surface area contributed by atoms with Crippen LogP contribution in [0.4, 0.5) is 4.39 Å². The van der Waals surface area contributed by atoms with Crippen LogP contribution in [0, 0.1) is 23.7 Å². The highest BCUT2D eigenvalue weighted by Crippen LogP contribution is 2.44. The van der Waals surface area contributed by atoms with Crippen LogP contribution >= 0.6 is 0 Å². The molecule has 0 aliphatic heterocycles. The van der Waals surface area contributed by atoms with E-state index in [0.29, 0.717) is 5.92 Å². The molecule has 0 N–H and O–H groups in total. The zero-order valence-corrected chi connectivity index (χ0v) is 13.2. The van der Waals surface area contributed by atoms with Crippen LogP contribution in [0.25, 0.3) is 0 Å². The molecule has 0 radical (unpaired) electrons. The minimum Gasteiger partial charge on any atom is -0.228 e. The van der Waals surface area contributed by atoms with Crippen LogP contribution in [0.2, 0.25) is 0 Å². The highest BCUT2D eigenvalue weighted by atomic mass is 19.1. The van der Waals surface area contributed by atoms with Crippen molar-refractivity contribution in [3.05, 3.63) is 29.8 Å². The predicted molar refractivity (Wildman–Crippen MR) is 84.6 cm³/mol. The lowest BCUT2D eigenvalue weighted by Crippen LogP contribution is -2.25. The van der Waals surface area contributed by atoms with Crippen LogP contribution in [0.1, 0.15) is 76.2 Å². The average molecular weight is 289 g/mol. The lowest BCUT2D eigenvalue weighted by atomic mass is 9.68. The molecule has 0 aromatic carbocycles. The second kappa shape index (κ2) is 6.89. The van der Waals surface area contributed by atoms with Gasteiger partial charge in [0, 0.05) is 6.20 Å². The molecule has 1 aromatic rings. The first-order valence-corrected chi connectivity index (χ1v) is 8.87. The van der Waals surface area contributed by atoms with Crippen molar-refractivity contribution in [2.45, 2.75) is 70.6 Å². The Balaban J connectivity index is 1.50. The molecule has 0 bridgehead atoms. The summed E-state index contributed by atoms with van der Waals surface area (Å²) in [5.74, 6) is 3.19. The maximum absolute atomic E-state index is 12.9. The standard InChI is InChI=1S/C19H28FN/c1-2-14-3-5-15(6-4-14)16-7-9-17(10-8-16)18-11-12-19(20)21-13-18/h11-17H,2-10H2,1H3/t14-,15-,16-,17-. The first-order chi connectivity index (χ1) is 10.3. The van der Waals surface area contributed by atoms with Crippen LogP contribution in [-0.2, 0) is 0 Å². The maximum Gasteiger partial charge on any atom is 0.212 e. The summed E-state index contributed by atoms with van der Waals surface area (Å²) < 4.78 is 12.9. The third-order valence-electron chi connectivity index (χ3n) is 6.13. The molecule has 116 valence electrons. The Hall–Kier alpha value is -0.920. The van der Waals surface area contributed by atoms with Crippen molar-refractivity contribution >= 4 is 0 Å². The van der Waals surface area contributed by atoms with Gasteiger partial charge in [0.1, 0.15) is 0 Å². The van der Waals surface area contributed by atoms with E-state index in [4.69, 9.17) is 0 Å². The molecule has 3 rings (SSSR count). The van der Waals surface area contributed by atoms with Crippen LogP contribution in [0.5, 0.6) is 0 Å². The van der Waals surface area contributed by atoms with Gasteiger partial charge >= 0.3 is 0 Å². The maximum atomic E-state index is 12.9. The van der Waals surface area contributed by atoms with Crippen LogP contribution in [0.15, 0.2) is 18.3 Å².